The van der Waals surface area contributed by atoms with Crippen molar-refractivity contribution in [1.29, 1.82) is 0 Å². The van der Waals surface area contributed by atoms with Crippen LogP contribution in [0.15, 0.2) is 37.7 Å². The molecule has 0 rings (SSSR count). The van der Waals surface area contributed by atoms with Crippen molar-refractivity contribution in [2.24, 2.45) is 0 Å². The summed E-state index contributed by atoms with van der Waals surface area (Å²) in [5.41, 5.74) is 0. The molecule has 0 aliphatic heterocycles. The molecule has 0 spiro atoms. The normalized spacial score (nSPS) is 11.2. The fourth-order valence-electron chi connectivity index (χ4n) is 0.319. The quantitative estimate of drug-likeness (QED) is 0.489. The molecule has 0 amide bonds. The van der Waals surface area contributed by atoms with Gasteiger partial charge in [0.05, 0.1) is 12.5 Å². The predicted octanol–water partition coefficient (Wildman–Crippen LogP) is 1.30. The maximum absolute atomic E-state index is 11.1. The molecule has 0 aliphatic carbocycles. The van der Waals surface area contributed by atoms with Gasteiger partial charge in [0.15, 0.2) is 10.5 Å². The molecule has 0 fully saturated rings. The van der Waals surface area contributed by atoms with Gasteiger partial charge in [0.1, 0.15) is 0 Å². The van der Waals surface area contributed by atoms with E-state index in [2.05, 4.69) is 28.1 Å². The van der Waals surface area contributed by atoms with Crippen LogP contribution in [0.2, 0.25) is 0 Å². The minimum atomic E-state index is -3.17. The fourth-order valence-corrected chi connectivity index (χ4v) is 0.956. The summed E-state index contributed by atoms with van der Waals surface area (Å²) in [6.07, 6.45) is 2.07. The Labute approximate surface area is 61.5 Å². The zero-order valence-corrected chi connectivity index (χ0v) is 6.42. The van der Waals surface area contributed by atoms with E-state index in [1.807, 2.05) is 0 Å². The molecule has 0 radical (unpaired) electrons. The van der Waals surface area contributed by atoms with Crippen LogP contribution in [0.25, 0.3) is 0 Å². The first-order valence-electron chi connectivity index (χ1n) is 2.50. The van der Waals surface area contributed by atoms with Crippen LogP contribution < -0.4 is 0 Å². The monoisotopic (exact) mass is 162 g/mol. The summed E-state index contributed by atoms with van der Waals surface area (Å²) >= 11 is 0. The first-order valence-corrected chi connectivity index (χ1v) is 4.11. The van der Waals surface area contributed by atoms with E-state index in [1.54, 1.807) is 0 Å². The maximum atomic E-state index is 11.1. The van der Waals surface area contributed by atoms with Crippen LogP contribution in [0.5, 0.6) is 0 Å². The summed E-state index contributed by atoms with van der Waals surface area (Å²) in [6, 6.07) is 0. The van der Waals surface area contributed by atoms with E-state index >= 15 is 0 Å². The molecule has 0 heterocycles. The molecular formula is C6H10O3S. The number of rotatable bonds is 5. The minimum absolute atomic E-state index is 1.03. The summed E-state index contributed by atoms with van der Waals surface area (Å²) in [7, 11) is -3.17. The predicted molar refractivity (Wildman–Crippen MR) is 42.3 cm³/mol. The van der Waals surface area contributed by atoms with Gasteiger partial charge >= 0.3 is 0 Å². The van der Waals surface area contributed by atoms with Gasteiger partial charge in [0, 0.05) is 5.41 Å². The van der Waals surface area contributed by atoms with Crippen molar-refractivity contribution in [2.75, 3.05) is 0 Å². The third-order valence-corrected chi connectivity index (χ3v) is 2.00. The largest absolute Gasteiger partial charge is 0.404 e. The van der Waals surface area contributed by atoms with Crippen LogP contribution in [-0.2, 0) is 18.9 Å². The summed E-state index contributed by atoms with van der Waals surface area (Å²) in [5, 5.41) is 1.08. The molecule has 4 heteroatoms. The molecule has 0 unspecified atom stereocenters. The van der Waals surface area contributed by atoms with Crippen molar-refractivity contribution >= 4 is 10.5 Å². The highest BCUT2D eigenvalue weighted by Gasteiger charge is 2.04. The van der Waals surface area contributed by atoms with Crippen LogP contribution in [0.1, 0.15) is 0 Å². The highest BCUT2D eigenvalue weighted by Crippen LogP contribution is 2.09. The van der Waals surface area contributed by atoms with E-state index in [1.165, 1.54) is 0 Å². The summed E-state index contributed by atoms with van der Waals surface area (Å²) in [6.45, 7) is 9.70. The molecule has 3 nitrogen and oxygen atoms in total. The van der Waals surface area contributed by atoms with Crippen LogP contribution >= 0.6 is 0 Å². The number of hydrogen-bond acceptors (Lipinski definition) is 3. The standard InChI is InChI=1S/C6H10O3S/c1-4-8-10(7,6-3)9-5-2/h4-6,10H,1-3H2. The molecule has 0 N–H and O–H groups in total. The maximum Gasteiger partial charge on any atom is 0.166 e. The Morgan fingerprint density at radius 3 is 1.70 bits per heavy atom. The van der Waals surface area contributed by atoms with Crippen LogP contribution in [-0.4, -0.2) is 4.21 Å². The SMILES string of the molecule is C=CO[SH](=O)(C=C)OC=C. The third kappa shape index (κ3) is 2.50. The molecule has 10 heavy (non-hydrogen) atoms. The Morgan fingerprint density at radius 2 is 1.50 bits per heavy atom. The van der Waals surface area contributed by atoms with Crippen molar-refractivity contribution in [3.8, 4) is 0 Å². The molecule has 0 atom stereocenters. The first-order chi connectivity index (χ1) is 4.68. The van der Waals surface area contributed by atoms with E-state index < -0.39 is 10.5 Å². The minimum Gasteiger partial charge on any atom is -0.404 e. The van der Waals surface area contributed by atoms with Gasteiger partial charge in [-0.05, 0) is 0 Å². The topological polar surface area (TPSA) is 35.5 Å². The van der Waals surface area contributed by atoms with Crippen molar-refractivity contribution < 1.29 is 12.6 Å². The van der Waals surface area contributed by atoms with Gasteiger partial charge in [-0.2, -0.15) is 0 Å². The second-order valence-electron chi connectivity index (χ2n) is 1.27. The van der Waals surface area contributed by atoms with E-state index in [4.69, 9.17) is 0 Å². The molecular weight excluding hydrogens is 152 g/mol. The van der Waals surface area contributed by atoms with Gasteiger partial charge in [-0.15, -0.1) is 0 Å². The fraction of sp³-hybridized carbons (Fsp3) is 0. The Balaban J connectivity index is 4.21. The summed E-state index contributed by atoms with van der Waals surface area (Å²) < 4.78 is 20.1. The molecule has 0 aromatic heterocycles. The highest BCUT2D eigenvalue weighted by atomic mass is 32.3. The van der Waals surface area contributed by atoms with Crippen LogP contribution in [0, 0.1) is 0 Å². The van der Waals surface area contributed by atoms with Gasteiger partial charge in [-0.3, -0.25) is 0 Å². The van der Waals surface area contributed by atoms with Gasteiger partial charge < -0.3 is 8.37 Å². The van der Waals surface area contributed by atoms with Crippen molar-refractivity contribution in [3.63, 3.8) is 0 Å². The number of hydrogen-bond donors (Lipinski definition) is 1. The third-order valence-electron chi connectivity index (χ3n) is 0.667. The molecule has 0 bridgehead atoms. The zero-order chi connectivity index (χ0) is 8.04. The lowest BCUT2D eigenvalue weighted by atomic mass is 11.2. The molecule has 58 valence electrons. The molecule has 0 saturated carbocycles. The summed E-state index contributed by atoms with van der Waals surface area (Å²) in [4.78, 5) is 0. The summed E-state index contributed by atoms with van der Waals surface area (Å²) in [5.74, 6) is 0. The Hall–Kier alpha value is -1.03. The zero-order valence-electron chi connectivity index (χ0n) is 5.53. The van der Waals surface area contributed by atoms with Gasteiger partial charge in [-0.25, -0.2) is 4.21 Å². The second kappa shape index (κ2) is 3.90. The molecule has 0 aliphatic rings. The highest BCUT2D eigenvalue weighted by molar-refractivity contribution is 7.97. The van der Waals surface area contributed by atoms with E-state index in [0.29, 0.717) is 0 Å². The van der Waals surface area contributed by atoms with Crippen molar-refractivity contribution in [1.82, 2.24) is 0 Å². The lowest BCUT2D eigenvalue weighted by Crippen LogP contribution is -2.09. The van der Waals surface area contributed by atoms with Gasteiger partial charge in [-0.1, -0.05) is 19.7 Å². The average molecular weight is 162 g/mol. The van der Waals surface area contributed by atoms with Crippen molar-refractivity contribution in [3.05, 3.63) is 37.7 Å². The average Bonchev–Trinajstić information content (AvgIpc) is 1.89. The molecule has 0 saturated heterocycles. The number of thiol groups is 1. The van der Waals surface area contributed by atoms with E-state index in [-0.39, 0.29) is 0 Å². The Bertz CT molecular complexity index is 171. The van der Waals surface area contributed by atoms with Gasteiger partial charge in [0.25, 0.3) is 0 Å². The Morgan fingerprint density at radius 1 is 1.10 bits per heavy atom. The lowest BCUT2D eigenvalue weighted by Gasteiger charge is -2.17. The first kappa shape index (κ1) is 8.97. The molecule has 0 aromatic carbocycles. The molecule has 0 aromatic rings. The Kier molecular flexibility index (Phi) is 3.49. The van der Waals surface area contributed by atoms with Crippen molar-refractivity contribution in [2.45, 2.75) is 0 Å². The smallest absolute Gasteiger partial charge is 0.166 e. The van der Waals surface area contributed by atoms with E-state index in [0.717, 1.165) is 17.9 Å². The lowest BCUT2D eigenvalue weighted by molar-refractivity contribution is 0.380. The second-order valence-corrected chi connectivity index (χ2v) is 3.13. The van der Waals surface area contributed by atoms with Gasteiger partial charge in [0.2, 0.25) is 0 Å². The van der Waals surface area contributed by atoms with Crippen LogP contribution in [0.4, 0.5) is 0 Å². The van der Waals surface area contributed by atoms with E-state index in [9.17, 15) is 4.21 Å². The van der Waals surface area contributed by atoms with Crippen LogP contribution in [0.3, 0.4) is 0 Å².